The third-order valence-electron chi connectivity index (χ3n) is 10.9. The molecule has 0 bridgehead atoms. The van der Waals surface area contributed by atoms with Crippen LogP contribution in [0.4, 0.5) is 63.1 Å². The van der Waals surface area contributed by atoms with Crippen LogP contribution in [0.1, 0.15) is 25.7 Å². The van der Waals surface area contributed by atoms with E-state index in [1.165, 1.54) is 36.4 Å². The highest BCUT2D eigenvalue weighted by Gasteiger charge is 2.27. The number of nitrogens with one attached hydrogen (secondary N) is 4. The first-order chi connectivity index (χ1) is 41.2. The number of anilines is 7. The minimum absolute atomic E-state index is 0.0104. The van der Waals surface area contributed by atoms with E-state index in [2.05, 4.69) is 84.8 Å². The van der Waals surface area contributed by atoms with E-state index in [0.717, 1.165) is 30.3 Å². The summed E-state index contributed by atoms with van der Waals surface area (Å²) < 4.78 is 133. The number of azo groups is 2. The number of nitrogens with zero attached hydrogens (tertiary/aromatic N) is 7. The predicted octanol–water partition coefficient (Wildman–Crippen LogP) is 9.81. The lowest BCUT2D eigenvalue weighted by molar-refractivity contribution is -0.432. The summed E-state index contributed by atoms with van der Waals surface area (Å²) in [6.07, 6.45) is -0.549. The highest BCUT2D eigenvalue weighted by molar-refractivity contribution is 7.95. The maximum absolute atomic E-state index is 13.0. The van der Waals surface area contributed by atoms with E-state index in [1.54, 1.807) is 0 Å². The average Bonchev–Trinajstić information content (AvgIpc) is 0.806. The molecule has 0 spiro atoms. The van der Waals surface area contributed by atoms with Crippen LogP contribution in [0.15, 0.2) is 112 Å². The standard InChI is InChI=1S/C43H43Cl3N12O22S7/c44-11-15-84(65,66)13-1-3-34(59)48-23-5-8-29(81-78-75-62)26(19-23)55-57-38-31(83-80-77-64)17-22-18-33(87(72,73)74)39(40(61)36(22)37(38)47)58-56-27-20-25(6-9-30(27)82-79-76-63)50-42-52-41(46)53-43(54-42)51-28-21-24(7-10-32(28)86(69,70)71)49-35(60)4-2-14-85(67,68)16-12-45/h5-10,17-21,61-64H,1-4,11-16,47H2,(H,48,59)(H,49,60)(H,69,70,71)(H,72,73,74)(H2,50,51,52,53,54)/b57-55+,58-56+. The minimum Gasteiger partial charge on any atom is -0.505 e. The molecule has 0 saturated carbocycles. The second kappa shape index (κ2) is 31.9. The summed E-state index contributed by atoms with van der Waals surface area (Å²) in [7, 11) is -17.3. The number of carbonyl (C=O) groups is 2. The fourth-order valence-corrected chi connectivity index (χ4v) is 13.5. The summed E-state index contributed by atoms with van der Waals surface area (Å²) in [6, 6.07) is 12.8. The Morgan fingerprint density at radius 2 is 1.05 bits per heavy atom. The molecule has 12 N–H and O–H groups in total. The first-order valence-electron chi connectivity index (χ1n) is 23.5. The van der Waals surface area contributed by atoms with Crippen molar-refractivity contribution in [2.24, 2.45) is 20.5 Å². The molecule has 6 rings (SSSR count). The molecule has 87 heavy (non-hydrogen) atoms. The first kappa shape index (κ1) is 70.1. The number of aromatic nitrogens is 3. The normalized spacial score (nSPS) is 12.3. The first-order valence-corrected chi connectivity index (χ1v) is 33.7. The van der Waals surface area contributed by atoms with Gasteiger partial charge in [0.1, 0.15) is 32.5 Å². The van der Waals surface area contributed by atoms with E-state index in [4.69, 9.17) is 56.3 Å². The van der Waals surface area contributed by atoms with E-state index in [1.807, 2.05) is 0 Å². The zero-order chi connectivity index (χ0) is 63.7. The van der Waals surface area contributed by atoms with Crippen molar-refractivity contribution in [3.05, 3.63) is 72.0 Å². The number of hydrogen-bond acceptors (Lipinski definition) is 33. The summed E-state index contributed by atoms with van der Waals surface area (Å²) in [5, 5.41) is 75.5. The van der Waals surface area contributed by atoms with E-state index >= 15 is 0 Å². The van der Waals surface area contributed by atoms with Gasteiger partial charge in [-0.3, -0.25) is 18.7 Å². The van der Waals surface area contributed by atoms with Crippen LogP contribution in [0.25, 0.3) is 10.8 Å². The van der Waals surface area contributed by atoms with Crippen molar-refractivity contribution in [1.29, 1.82) is 0 Å². The maximum Gasteiger partial charge on any atom is 0.296 e. The second-order valence-corrected chi connectivity index (χ2v) is 27.6. The van der Waals surface area contributed by atoms with Gasteiger partial charge in [-0.15, -0.1) is 56.7 Å². The zero-order valence-electron chi connectivity index (χ0n) is 43.3. The number of phenols is 1. The molecule has 0 fully saturated rings. The molecule has 0 aliphatic carbocycles. The van der Waals surface area contributed by atoms with E-state index in [0.29, 0.717) is 24.1 Å². The van der Waals surface area contributed by atoms with Crippen molar-refractivity contribution in [3.8, 4) is 5.75 Å². The summed E-state index contributed by atoms with van der Waals surface area (Å²) in [5.41, 5.74) is 4.04. The smallest absolute Gasteiger partial charge is 0.296 e. The number of hydrogen-bond donors (Lipinski definition) is 11. The summed E-state index contributed by atoms with van der Waals surface area (Å²) in [4.78, 5) is 35.6. The molecule has 1 aromatic heterocycles. The summed E-state index contributed by atoms with van der Waals surface area (Å²) in [5.74, 6) is -4.54. The van der Waals surface area contributed by atoms with Crippen molar-refractivity contribution in [3.63, 3.8) is 0 Å². The van der Waals surface area contributed by atoms with Crippen molar-refractivity contribution in [2.75, 3.05) is 61.8 Å². The van der Waals surface area contributed by atoms with Crippen molar-refractivity contribution in [1.82, 2.24) is 15.0 Å². The number of nitrogen functional groups attached to an aromatic ring is 1. The number of benzene rings is 5. The lowest BCUT2D eigenvalue weighted by atomic mass is 10.1. The van der Waals surface area contributed by atoms with Crippen LogP contribution >= 0.6 is 70.9 Å². The van der Waals surface area contributed by atoms with Gasteiger partial charge < -0.3 is 32.1 Å². The molecular weight excluding hydrogens is 1370 g/mol. The van der Waals surface area contributed by atoms with Crippen molar-refractivity contribution in [2.45, 2.75) is 50.2 Å². The highest BCUT2D eigenvalue weighted by atomic mass is 35.5. The largest absolute Gasteiger partial charge is 0.505 e. The maximum atomic E-state index is 13.0. The predicted molar refractivity (Wildman–Crippen MR) is 315 cm³/mol. The van der Waals surface area contributed by atoms with Crippen LogP contribution in [-0.2, 0) is 77.6 Å². The van der Waals surface area contributed by atoms with Gasteiger partial charge in [0, 0.05) is 41.7 Å². The van der Waals surface area contributed by atoms with Gasteiger partial charge >= 0.3 is 0 Å². The Morgan fingerprint density at radius 1 is 0.575 bits per heavy atom. The molecule has 0 aliphatic rings. The number of halogens is 3. The Morgan fingerprint density at radius 3 is 1.56 bits per heavy atom. The van der Waals surface area contributed by atoms with Gasteiger partial charge in [-0.05, 0) is 96.6 Å². The van der Waals surface area contributed by atoms with Gasteiger partial charge in [0.05, 0.1) is 90.6 Å². The Kier molecular flexibility index (Phi) is 25.7. The fraction of sp³-hybridized carbons (Fsp3) is 0.233. The van der Waals surface area contributed by atoms with Crippen molar-refractivity contribution >= 4 is 197 Å². The molecule has 0 radical (unpaired) electrons. The van der Waals surface area contributed by atoms with Crippen LogP contribution in [-0.4, -0.2) is 125 Å². The van der Waals surface area contributed by atoms with Crippen LogP contribution in [0, 0.1) is 0 Å². The quantitative estimate of drug-likeness (QED) is 0.00347. The number of aromatic hydroxyl groups is 1. The highest BCUT2D eigenvalue weighted by Crippen LogP contribution is 2.50. The third kappa shape index (κ3) is 20.8. The molecule has 6 aromatic rings. The van der Waals surface area contributed by atoms with Crippen LogP contribution in [0.5, 0.6) is 5.75 Å². The average molecular weight is 1410 g/mol. The molecule has 0 unspecified atom stereocenters. The zero-order valence-corrected chi connectivity index (χ0v) is 51.3. The van der Waals surface area contributed by atoms with E-state index < -0.39 is 95.3 Å². The van der Waals surface area contributed by atoms with Crippen LogP contribution in [0.3, 0.4) is 0 Å². The molecule has 44 heteroatoms. The number of alkyl halides is 2. The lowest BCUT2D eigenvalue weighted by Gasteiger charge is -2.14. The number of carbonyl (C=O) groups excluding carboxylic acids is 2. The molecule has 470 valence electrons. The van der Waals surface area contributed by atoms with Crippen LogP contribution in [0.2, 0.25) is 5.28 Å². The molecular formula is C43H43Cl3N12O22S7. The Bertz CT molecular complexity index is 4060. The number of rotatable bonds is 33. The topological polar surface area (TPSA) is 510 Å². The molecule has 0 atom stereocenters. The number of phenolic OH excluding ortho intramolecular Hbond substituents is 1. The van der Waals surface area contributed by atoms with Gasteiger partial charge in [-0.2, -0.15) is 31.8 Å². The molecule has 1 heterocycles. The van der Waals surface area contributed by atoms with Gasteiger partial charge in [0.15, 0.2) is 25.4 Å². The lowest BCUT2D eigenvalue weighted by Crippen LogP contribution is -2.16. The van der Waals surface area contributed by atoms with Crippen LogP contribution < -0.4 is 27.0 Å². The van der Waals surface area contributed by atoms with Gasteiger partial charge in [0.2, 0.25) is 29.0 Å². The van der Waals surface area contributed by atoms with E-state index in [9.17, 15) is 57.5 Å². The van der Waals surface area contributed by atoms with Gasteiger partial charge in [-0.25, -0.2) is 32.6 Å². The molecule has 34 nitrogen and oxygen atoms in total. The molecule has 5 aromatic carbocycles. The number of amides is 2. The Hall–Kier alpha value is -6.01. The minimum atomic E-state index is -5.35. The third-order valence-corrected chi connectivity index (χ3v) is 19.1. The molecule has 0 saturated heterocycles. The summed E-state index contributed by atoms with van der Waals surface area (Å²) in [6.45, 7) is 0. The Balaban J connectivity index is 1.35. The fourth-order valence-electron chi connectivity index (χ4n) is 7.26. The molecule has 2 amide bonds. The van der Waals surface area contributed by atoms with Gasteiger partial charge in [0.25, 0.3) is 20.2 Å². The molecule has 0 aliphatic heterocycles. The SMILES string of the molecule is Nc1c(/N=N/c2cc(NC(=O)CCCS(=O)(=O)CCCl)ccc2SOOO)c(SOOO)cc2cc(S(=O)(=O)O)c(/N=N/c3cc(Nc4nc(Cl)nc(Nc5cc(NC(=O)CCCS(=O)(=O)CCCl)ccc5S(=O)(=O)O)n4)ccc3SOOO)c(O)c12. The van der Waals surface area contributed by atoms with Gasteiger partial charge in [-0.1, -0.05) is 15.1 Å². The monoisotopic (exact) mass is 1410 g/mol. The van der Waals surface area contributed by atoms with E-state index in [-0.39, 0.29) is 138 Å². The number of sulfone groups is 2. The second-order valence-electron chi connectivity index (χ2n) is 16.9. The summed E-state index contributed by atoms with van der Waals surface area (Å²) >= 11 is 18.3. The number of fused-ring (bicyclic) bond motifs is 1. The van der Waals surface area contributed by atoms with Crippen molar-refractivity contribution < 1.29 is 101 Å². The number of nitrogens with two attached hydrogens (primary N) is 1. The Labute approximate surface area is 519 Å².